The Hall–Kier alpha value is -0.911. The summed E-state index contributed by atoms with van der Waals surface area (Å²) in [5, 5.41) is 25.7. The van der Waals surface area contributed by atoms with Crippen LogP contribution in [0.1, 0.15) is 15.9 Å². The molecule has 0 aromatic heterocycles. The fourth-order valence-corrected chi connectivity index (χ4v) is 5.87. The number of nitriles is 1. The van der Waals surface area contributed by atoms with Crippen LogP contribution < -0.4 is 52.5 Å². The van der Waals surface area contributed by atoms with Gasteiger partial charge < -0.3 is 45.4 Å². The molecule has 0 amide bonds. The van der Waals surface area contributed by atoms with Crippen LogP contribution in [0.3, 0.4) is 0 Å². The van der Waals surface area contributed by atoms with E-state index in [0.717, 1.165) is 19.7 Å². The van der Waals surface area contributed by atoms with Gasteiger partial charge in [0.1, 0.15) is 6.07 Å². The van der Waals surface area contributed by atoms with Crippen molar-refractivity contribution in [1.29, 1.82) is 10.5 Å². The molecule has 0 fully saturated rings. The van der Waals surface area contributed by atoms with Crippen molar-refractivity contribution < 1.29 is 62.0 Å². The average molecular weight is 1020 g/mol. The Bertz CT molecular complexity index is 1590. The zero-order chi connectivity index (χ0) is 33.4. The molecule has 0 aliphatic carbocycles. The van der Waals surface area contributed by atoms with Gasteiger partial charge in [0.2, 0.25) is 0 Å². The number of rotatable bonds is 1. The molecule has 10 N–H and O–H groups in total. The minimum absolute atomic E-state index is 0. The fourth-order valence-electron chi connectivity index (χ4n) is 2.46. The number of nitrogen functional groups attached to an aromatic ring is 4. The standard InChI is InChI=1S/C7H4BrClN2.C7H5BrClNO2.C6H4Br2ClN.C6H6ClN.CN.Cu.Na.H2O/c8-6-2-5(9)1-4(3-10)7(6)11;8-5-2-3(9)1-4(6(5)10)7(11)12;7-4-1-3(9)2-5(8)6(4)10;7-5-1-3-6(8)4-2-5;1-2;;;/h1-2H,11H2;1-2H,10H2,(H,11,12);1-2H,10H2;1-4H,8H2;;;;1H2/q;;;;-1;2*+1;/p-1. The third kappa shape index (κ3) is 19.2. The predicted octanol–water partition coefficient (Wildman–Crippen LogP) is 7.23. The molecule has 0 spiro atoms. The first-order valence-electron chi connectivity index (χ1n) is 10.8. The number of aromatic carboxylic acids is 1. The first kappa shape index (κ1) is 51.9. The predicted molar refractivity (Wildman–Crippen MR) is 193 cm³/mol. The van der Waals surface area contributed by atoms with Gasteiger partial charge in [0.15, 0.2) is 0 Å². The summed E-state index contributed by atoms with van der Waals surface area (Å²) in [5.74, 6) is -1.09. The summed E-state index contributed by atoms with van der Waals surface area (Å²) in [5.41, 5.74) is 24.4. The van der Waals surface area contributed by atoms with E-state index in [9.17, 15) is 4.79 Å². The number of carboxylic acids is 1. The van der Waals surface area contributed by atoms with Crippen molar-refractivity contribution in [3.63, 3.8) is 0 Å². The molecule has 0 saturated carbocycles. The van der Waals surface area contributed by atoms with Crippen molar-refractivity contribution in [2.45, 2.75) is 0 Å². The summed E-state index contributed by atoms with van der Waals surface area (Å²) in [6, 6.07) is 18.5. The van der Waals surface area contributed by atoms with E-state index in [1.807, 2.05) is 6.07 Å². The maximum absolute atomic E-state index is 10.6. The first-order valence-corrected chi connectivity index (χ1v) is 15.5. The van der Waals surface area contributed by atoms with E-state index >= 15 is 0 Å². The van der Waals surface area contributed by atoms with E-state index in [1.54, 1.807) is 48.5 Å². The molecule has 0 heterocycles. The molecule has 4 aromatic carbocycles. The smallest absolute Gasteiger partial charge is 0.870 e. The van der Waals surface area contributed by atoms with Crippen molar-refractivity contribution in [2.75, 3.05) is 22.9 Å². The largest absolute Gasteiger partial charge is 1.00 e. The summed E-state index contributed by atoms with van der Waals surface area (Å²) in [6.07, 6.45) is 0. The molecule has 0 radical (unpaired) electrons. The molecular weight excluding hydrogens is 1000 g/mol. The van der Waals surface area contributed by atoms with Crippen molar-refractivity contribution in [3.05, 3.63) is 116 Å². The normalized spacial score (nSPS) is 8.54. The Morgan fingerprint density at radius 3 is 1.39 bits per heavy atom. The van der Waals surface area contributed by atoms with Crippen molar-refractivity contribution in [1.82, 2.24) is 0 Å². The molecule has 0 saturated heterocycles. The quantitative estimate of drug-likeness (QED) is 0.0737. The van der Waals surface area contributed by atoms with Gasteiger partial charge in [-0.25, -0.2) is 4.79 Å². The van der Waals surface area contributed by atoms with Crippen molar-refractivity contribution in [3.8, 4) is 6.07 Å². The molecule has 4 rings (SSSR count). The van der Waals surface area contributed by atoms with E-state index in [0.29, 0.717) is 41.0 Å². The second-order valence-electron chi connectivity index (χ2n) is 7.45. The minimum atomic E-state index is -1.09. The van der Waals surface area contributed by atoms with Gasteiger partial charge in [-0.3, -0.25) is 0 Å². The monoisotopic (exact) mass is 1020 g/mol. The van der Waals surface area contributed by atoms with E-state index in [1.165, 1.54) is 12.1 Å². The molecule has 0 bridgehead atoms. The van der Waals surface area contributed by atoms with Crippen LogP contribution in [-0.2, 0) is 17.1 Å². The van der Waals surface area contributed by atoms with Crippen LogP contribution in [0.15, 0.2) is 78.6 Å². The Kier molecular flexibility index (Phi) is 30.4. The molecule has 0 unspecified atom stereocenters. The van der Waals surface area contributed by atoms with Gasteiger partial charge in [-0.15, -0.1) is 0 Å². The Labute approximate surface area is 352 Å². The van der Waals surface area contributed by atoms with Crippen LogP contribution in [0.5, 0.6) is 0 Å². The number of halogens is 8. The number of carbonyl (C=O) groups is 1. The third-order valence-electron chi connectivity index (χ3n) is 4.45. The Balaban J connectivity index is -0.000000247. The fraction of sp³-hybridized carbons (Fsp3) is 0. The van der Waals surface area contributed by atoms with E-state index in [-0.39, 0.29) is 63.4 Å². The maximum Gasteiger partial charge on any atom is 1.00 e. The van der Waals surface area contributed by atoms with Crippen molar-refractivity contribution >= 4 is 139 Å². The van der Waals surface area contributed by atoms with Crippen LogP contribution >= 0.6 is 110 Å². The number of nitrogens with zero attached hydrogens (tertiary/aromatic N) is 2. The number of nitrogens with two attached hydrogens (primary N) is 4. The number of carboxylic acid groups (broad SMARTS) is 1. The van der Waals surface area contributed by atoms with E-state index in [4.69, 9.17) is 91.5 Å². The zero-order valence-corrected chi connectivity index (χ0v) is 35.4. The third-order valence-corrected chi connectivity index (χ3v) is 7.98. The van der Waals surface area contributed by atoms with Crippen LogP contribution in [0, 0.1) is 23.2 Å². The van der Waals surface area contributed by atoms with Crippen LogP contribution in [-0.4, -0.2) is 16.6 Å². The second-order valence-corrected chi connectivity index (χ2v) is 12.6. The second kappa shape index (κ2) is 27.0. The topological polar surface area (TPSA) is 219 Å². The minimum Gasteiger partial charge on any atom is -0.870 e. The van der Waals surface area contributed by atoms with E-state index < -0.39 is 5.97 Å². The van der Waals surface area contributed by atoms with Gasteiger partial charge in [0.05, 0.1) is 28.2 Å². The number of benzene rings is 4. The van der Waals surface area contributed by atoms with Gasteiger partial charge in [-0.2, -0.15) is 5.26 Å². The van der Waals surface area contributed by atoms with Gasteiger partial charge in [0.25, 0.3) is 0 Å². The van der Waals surface area contributed by atoms with Gasteiger partial charge >= 0.3 is 52.6 Å². The molecule has 0 atom stereocenters. The number of anilines is 4. The van der Waals surface area contributed by atoms with Crippen LogP contribution in [0.4, 0.5) is 22.7 Å². The van der Waals surface area contributed by atoms with Gasteiger partial charge in [-0.1, -0.05) is 46.4 Å². The Morgan fingerprint density at radius 1 is 0.674 bits per heavy atom. The summed E-state index contributed by atoms with van der Waals surface area (Å²) in [4.78, 5) is 10.6. The zero-order valence-electron chi connectivity index (χ0n) is 23.1. The van der Waals surface area contributed by atoms with E-state index in [2.05, 4.69) is 63.7 Å². The number of hydrogen-bond donors (Lipinski definition) is 5. The molecular formula is C27H20Br4Cl4CuN6NaO3. The summed E-state index contributed by atoms with van der Waals surface area (Å²) in [6.45, 7) is 4.75. The Morgan fingerprint density at radius 2 is 1.02 bits per heavy atom. The van der Waals surface area contributed by atoms with Gasteiger partial charge in [0, 0.05) is 43.7 Å². The van der Waals surface area contributed by atoms with Crippen LogP contribution in [0.2, 0.25) is 20.1 Å². The van der Waals surface area contributed by atoms with Gasteiger partial charge in [-0.05, 0) is 124 Å². The molecule has 46 heavy (non-hydrogen) atoms. The molecule has 0 aliphatic heterocycles. The SMILES string of the molecule is N#Cc1cc(Cl)cc(Br)c1N.Nc1c(Br)cc(Cl)cc1Br.Nc1c(Br)cc(Cl)cc1C(=O)O.Nc1ccc(Cl)cc1.[C-]#N.[Cu+].[Na+].[OH-]. The average Bonchev–Trinajstić information content (AvgIpc) is 2.95. The first-order chi connectivity index (χ1) is 20.1. The molecule has 244 valence electrons. The maximum atomic E-state index is 10.6. The molecule has 19 heteroatoms. The molecule has 9 nitrogen and oxygen atoms in total. The summed E-state index contributed by atoms with van der Waals surface area (Å²) < 4.78 is 2.77. The summed E-state index contributed by atoms with van der Waals surface area (Å²) >= 11 is 35.3. The van der Waals surface area contributed by atoms with Crippen molar-refractivity contribution in [2.24, 2.45) is 0 Å². The summed E-state index contributed by atoms with van der Waals surface area (Å²) in [7, 11) is 0. The molecule has 0 aliphatic rings. The molecule has 4 aromatic rings. The number of hydrogen-bond acceptors (Lipinski definition) is 8. The van der Waals surface area contributed by atoms with Crippen LogP contribution in [0.25, 0.3) is 0 Å².